The van der Waals surface area contributed by atoms with Gasteiger partial charge in [-0.15, -0.1) is 0 Å². The number of halogens is 2. The number of benzene rings is 3. The highest BCUT2D eigenvalue weighted by atomic mass is 79.9. The first-order valence-corrected chi connectivity index (χ1v) is 13.4. The van der Waals surface area contributed by atoms with E-state index in [0.717, 1.165) is 10.5 Å². The fraction of sp³-hybridized carbons (Fsp3) is 0.143. The van der Waals surface area contributed by atoms with Gasteiger partial charge in [-0.1, -0.05) is 45.7 Å². The van der Waals surface area contributed by atoms with Gasteiger partial charge < -0.3 is 5.11 Å². The minimum absolute atomic E-state index is 0.0327. The lowest BCUT2D eigenvalue weighted by atomic mass is 10.0. The average molecular weight is 574 g/mol. The van der Waals surface area contributed by atoms with Crippen molar-refractivity contribution in [3.8, 4) is 5.75 Å². The molecule has 1 N–H and O–H groups in total. The van der Waals surface area contributed by atoms with Crippen LogP contribution in [0.2, 0.25) is 0 Å². The number of hydrogen-bond acceptors (Lipinski definition) is 5. The largest absolute Gasteiger partial charge is 0.507 e. The molecule has 0 fully saturated rings. The second-order valence-corrected chi connectivity index (χ2v) is 12.6. The molecule has 3 aromatic rings. The van der Waals surface area contributed by atoms with E-state index in [1.54, 1.807) is 38.1 Å². The minimum Gasteiger partial charge on any atom is -0.507 e. The molecule has 0 radical (unpaired) electrons. The van der Waals surface area contributed by atoms with Crippen LogP contribution in [0.4, 0.5) is 0 Å². The third kappa shape index (κ3) is 4.34. The van der Waals surface area contributed by atoms with Gasteiger partial charge in [0.05, 0.1) is 14.7 Å². The van der Waals surface area contributed by atoms with Gasteiger partial charge in [0.2, 0.25) is 19.7 Å². The lowest BCUT2D eigenvalue weighted by Gasteiger charge is -2.17. The van der Waals surface area contributed by atoms with Crippen molar-refractivity contribution >= 4 is 51.5 Å². The van der Waals surface area contributed by atoms with E-state index in [2.05, 4.69) is 31.9 Å². The molecule has 0 amide bonds. The third-order valence-corrected chi connectivity index (χ3v) is 9.22. The Balaban J connectivity index is 2.28. The molecule has 0 aliphatic heterocycles. The fourth-order valence-corrected chi connectivity index (χ4v) is 6.53. The van der Waals surface area contributed by atoms with Crippen LogP contribution >= 0.6 is 31.9 Å². The van der Waals surface area contributed by atoms with Crippen molar-refractivity contribution in [2.75, 3.05) is 0 Å². The van der Waals surface area contributed by atoms with Crippen molar-refractivity contribution < 1.29 is 21.9 Å². The predicted molar refractivity (Wildman–Crippen MR) is 121 cm³/mol. The monoisotopic (exact) mass is 572 g/mol. The summed E-state index contributed by atoms with van der Waals surface area (Å²) in [5, 5.41) is 10.5. The van der Waals surface area contributed by atoms with E-state index in [4.69, 9.17) is 0 Å². The summed E-state index contributed by atoms with van der Waals surface area (Å²) in [6.45, 7) is 3.55. The minimum atomic E-state index is -4.14. The molecule has 0 aromatic heterocycles. The Morgan fingerprint density at radius 3 is 1.50 bits per heavy atom. The molecular formula is C21H18Br2O5S2. The molecule has 0 aliphatic rings. The highest BCUT2D eigenvalue weighted by molar-refractivity contribution is 9.10. The summed E-state index contributed by atoms with van der Waals surface area (Å²) in [5.74, 6) is -0.753. The second-order valence-electron chi connectivity index (χ2n) is 6.93. The van der Waals surface area contributed by atoms with Crippen molar-refractivity contribution in [3.05, 3.63) is 75.2 Å². The van der Waals surface area contributed by atoms with Gasteiger partial charge in [-0.05, 0) is 72.1 Å². The number of hydrogen-bond donors (Lipinski definition) is 1. The molecule has 0 saturated heterocycles. The Kier molecular flexibility index (Phi) is 6.48. The molecule has 0 heterocycles. The molecular weight excluding hydrogens is 556 g/mol. The van der Waals surface area contributed by atoms with Crippen LogP contribution in [0.15, 0.2) is 89.2 Å². The van der Waals surface area contributed by atoms with E-state index in [1.807, 2.05) is 0 Å². The van der Waals surface area contributed by atoms with Gasteiger partial charge in [0, 0.05) is 8.95 Å². The van der Waals surface area contributed by atoms with Crippen LogP contribution in [-0.4, -0.2) is 21.9 Å². The number of phenols is 1. The van der Waals surface area contributed by atoms with E-state index in [0.29, 0.717) is 10.0 Å². The fourth-order valence-electron chi connectivity index (χ4n) is 2.95. The first kappa shape index (κ1) is 23.0. The summed E-state index contributed by atoms with van der Waals surface area (Å²) in [4.78, 5) is -0.617. The summed E-state index contributed by atoms with van der Waals surface area (Å²) in [6, 6.07) is 14.3. The van der Waals surface area contributed by atoms with Gasteiger partial charge in [0.25, 0.3) is 0 Å². The molecule has 0 spiro atoms. The normalized spacial score (nSPS) is 12.3. The molecule has 0 atom stereocenters. The van der Waals surface area contributed by atoms with Crippen molar-refractivity contribution in [2.24, 2.45) is 0 Å². The van der Waals surface area contributed by atoms with Crippen LogP contribution in [0, 0.1) is 0 Å². The van der Waals surface area contributed by atoms with Gasteiger partial charge in [0.1, 0.15) is 10.6 Å². The lowest BCUT2D eigenvalue weighted by Crippen LogP contribution is -2.10. The number of aromatic hydroxyl groups is 1. The van der Waals surface area contributed by atoms with E-state index < -0.39 is 30.3 Å². The maximum absolute atomic E-state index is 13.3. The molecule has 158 valence electrons. The molecule has 3 aromatic carbocycles. The summed E-state index contributed by atoms with van der Waals surface area (Å²) < 4.78 is 54.4. The molecule has 9 heteroatoms. The second kappa shape index (κ2) is 8.45. The summed E-state index contributed by atoms with van der Waals surface area (Å²) in [5.41, 5.74) is 0.338. The molecule has 0 unspecified atom stereocenters. The van der Waals surface area contributed by atoms with Crippen molar-refractivity contribution in [3.63, 3.8) is 0 Å². The maximum atomic E-state index is 13.3. The highest BCUT2D eigenvalue weighted by Gasteiger charge is 2.29. The third-order valence-electron chi connectivity index (χ3n) is 4.54. The number of phenolic OH excluding ortho intramolecular Hbond substituents is 1. The Bertz CT molecular complexity index is 1300. The predicted octanol–water partition coefficient (Wildman–Crippen LogP) is 5.71. The Labute approximate surface area is 192 Å². The van der Waals surface area contributed by atoms with Crippen LogP contribution in [0.1, 0.15) is 25.3 Å². The molecule has 0 aliphatic carbocycles. The summed E-state index contributed by atoms with van der Waals surface area (Å²) >= 11 is 6.52. The molecule has 0 saturated carbocycles. The van der Waals surface area contributed by atoms with E-state index >= 15 is 0 Å². The lowest BCUT2D eigenvalue weighted by molar-refractivity contribution is 0.456. The zero-order chi connectivity index (χ0) is 22.3. The first-order valence-electron chi connectivity index (χ1n) is 8.83. The van der Waals surface area contributed by atoms with Crippen molar-refractivity contribution in [1.29, 1.82) is 0 Å². The van der Waals surface area contributed by atoms with E-state index in [-0.39, 0.29) is 20.6 Å². The van der Waals surface area contributed by atoms with Crippen LogP contribution in [0.25, 0.3) is 0 Å². The Morgan fingerprint density at radius 1 is 0.700 bits per heavy atom. The smallest absolute Gasteiger partial charge is 0.210 e. The van der Waals surface area contributed by atoms with Gasteiger partial charge in [-0.2, -0.15) is 0 Å². The van der Waals surface area contributed by atoms with Crippen LogP contribution in [0.5, 0.6) is 5.75 Å². The maximum Gasteiger partial charge on any atom is 0.210 e. The number of sulfone groups is 2. The quantitative estimate of drug-likeness (QED) is 0.422. The first-order chi connectivity index (χ1) is 13.9. The SMILES string of the molecule is CC(C)c1cc(O)c(S(=O)(=O)c2ccc(Br)cc2)cc1S(=O)(=O)c1ccc(Br)cc1. The average Bonchev–Trinajstić information content (AvgIpc) is 2.68. The van der Waals surface area contributed by atoms with Gasteiger partial charge in [-0.25, -0.2) is 16.8 Å². The van der Waals surface area contributed by atoms with E-state index in [9.17, 15) is 21.9 Å². The van der Waals surface area contributed by atoms with Crippen LogP contribution in [0.3, 0.4) is 0 Å². The van der Waals surface area contributed by atoms with Crippen molar-refractivity contribution in [1.82, 2.24) is 0 Å². The zero-order valence-corrected chi connectivity index (χ0v) is 20.8. The van der Waals surface area contributed by atoms with Gasteiger partial charge >= 0.3 is 0 Å². The van der Waals surface area contributed by atoms with Gasteiger partial charge in [0.15, 0.2) is 0 Å². The number of rotatable bonds is 5. The standard InChI is InChI=1S/C21H18Br2O5S2/c1-13(2)18-11-19(24)21(30(27,28)17-9-5-15(23)6-10-17)12-20(18)29(25,26)16-7-3-14(22)4-8-16/h3-13,24H,1-2H3. The Morgan fingerprint density at radius 2 is 1.10 bits per heavy atom. The summed E-state index contributed by atoms with van der Waals surface area (Å²) in [7, 11) is -8.17. The highest BCUT2D eigenvalue weighted by Crippen LogP contribution is 2.38. The van der Waals surface area contributed by atoms with Crippen LogP contribution in [-0.2, 0) is 19.7 Å². The molecule has 5 nitrogen and oxygen atoms in total. The zero-order valence-electron chi connectivity index (χ0n) is 16.0. The van der Waals surface area contributed by atoms with Crippen molar-refractivity contribution in [2.45, 2.75) is 39.3 Å². The topological polar surface area (TPSA) is 88.5 Å². The Hall–Kier alpha value is -1.68. The van der Waals surface area contributed by atoms with E-state index in [1.165, 1.54) is 30.3 Å². The molecule has 0 bridgehead atoms. The summed E-state index contributed by atoms with van der Waals surface area (Å²) in [6.07, 6.45) is 0. The molecule has 30 heavy (non-hydrogen) atoms. The van der Waals surface area contributed by atoms with Gasteiger partial charge in [-0.3, -0.25) is 0 Å². The van der Waals surface area contributed by atoms with Crippen LogP contribution < -0.4 is 0 Å². The molecule has 3 rings (SSSR count).